The highest BCUT2D eigenvalue weighted by Gasteiger charge is 2.13. The number of anilines is 2. The first kappa shape index (κ1) is 15.5. The van der Waals surface area contributed by atoms with Crippen LogP contribution in [0.3, 0.4) is 0 Å². The van der Waals surface area contributed by atoms with Gasteiger partial charge in [-0.05, 0) is 23.8 Å². The molecule has 8 N–H and O–H groups in total. The van der Waals surface area contributed by atoms with Crippen molar-refractivity contribution in [1.82, 2.24) is 5.32 Å². The molecule has 0 aromatic heterocycles. The summed E-state index contributed by atoms with van der Waals surface area (Å²) in [4.78, 5) is 10.8. The van der Waals surface area contributed by atoms with Crippen LogP contribution < -0.4 is 22.5 Å². The van der Waals surface area contributed by atoms with Crippen LogP contribution >= 0.6 is 12.4 Å². The molecule has 0 saturated heterocycles. The summed E-state index contributed by atoms with van der Waals surface area (Å²) < 4.78 is 0. The van der Waals surface area contributed by atoms with E-state index < -0.39 is 11.9 Å². The molecular weight excluding hydrogens is 244 g/mol. The molecule has 0 heterocycles. The lowest BCUT2D eigenvalue weighted by molar-refractivity contribution is -0.120. The van der Waals surface area contributed by atoms with Gasteiger partial charge in [-0.3, -0.25) is 10.1 Å². The lowest BCUT2D eigenvalue weighted by atomic mass is 10.1. The molecule has 0 aliphatic rings. The standard InChI is InChI=1S/C10H16N4O2.ClH/c11-7-1-2-8(12)6(3-7)4-14-9(5-15)10(13)16;/h1-3,9,14-15H,4-5,11-12H2,(H2,13,16);1H. The molecule has 0 aliphatic heterocycles. The van der Waals surface area contributed by atoms with Gasteiger partial charge < -0.3 is 22.3 Å². The molecule has 17 heavy (non-hydrogen) atoms. The molecule has 1 aromatic rings. The maximum absolute atomic E-state index is 10.8. The van der Waals surface area contributed by atoms with Crippen LogP contribution in [-0.4, -0.2) is 23.7 Å². The number of benzene rings is 1. The number of nitrogen functional groups attached to an aromatic ring is 2. The number of carbonyl (C=O) groups is 1. The summed E-state index contributed by atoms with van der Waals surface area (Å²) in [7, 11) is 0. The van der Waals surface area contributed by atoms with Crippen molar-refractivity contribution in [2.45, 2.75) is 12.6 Å². The van der Waals surface area contributed by atoms with E-state index in [4.69, 9.17) is 22.3 Å². The quantitative estimate of drug-likeness (QED) is 0.443. The Morgan fingerprint density at radius 1 is 1.41 bits per heavy atom. The van der Waals surface area contributed by atoms with Gasteiger partial charge in [-0.1, -0.05) is 0 Å². The average Bonchev–Trinajstić information content (AvgIpc) is 2.23. The summed E-state index contributed by atoms with van der Waals surface area (Å²) in [6.07, 6.45) is 0. The van der Waals surface area contributed by atoms with Crippen LogP contribution in [0.5, 0.6) is 0 Å². The number of primary amides is 1. The van der Waals surface area contributed by atoms with Gasteiger partial charge in [-0.2, -0.15) is 0 Å². The molecule has 1 aromatic carbocycles. The normalized spacial score (nSPS) is 11.6. The molecule has 1 rings (SSSR count). The van der Waals surface area contributed by atoms with Crippen molar-refractivity contribution < 1.29 is 9.90 Å². The highest BCUT2D eigenvalue weighted by atomic mass is 35.5. The Kier molecular flexibility index (Phi) is 6.34. The van der Waals surface area contributed by atoms with Crippen molar-refractivity contribution in [1.29, 1.82) is 0 Å². The maximum Gasteiger partial charge on any atom is 0.236 e. The molecule has 96 valence electrons. The third-order valence-electron chi connectivity index (χ3n) is 2.23. The Bertz CT molecular complexity index is 387. The summed E-state index contributed by atoms with van der Waals surface area (Å²) >= 11 is 0. The Balaban J connectivity index is 0.00000256. The van der Waals surface area contributed by atoms with E-state index in [2.05, 4.69) is 5.32 Å². The number of hydrogen-bond acceptors (Lipinski definition) is 5. The first-order valence-corrected chi connectivity index (χ1v) is 4.82. The van der Waals surface area contributed by atoms with Crippen molar-refractivity contribution in [2.24, 2.45) is 5.73 Å². The lowest BCUT2D eigenvalue weighted by Gasteiger charge is -2.13. The number of carbonyl (C=O) groups excluding carboxylic acids is 1. The Morgan fingerprint density at radius 2 is 2.06 bits per heavy atom. The largest absolute Gasteiger partial charge is 0.399 e. The number of aliphatic hydroxyl groups is 1. The van der Waals surface area contributed by atoms with Crippen LogP contribution in [0.4, 0.5) is 11.4 Å². The van der Waals surface area contributed by atoms with Gasteiger partial charge in [0.05, 0.1) is 6.61 Å². The van der Waals surface area contributed by atoms with Crippen LogP contribution in [0.25, 0.3) is 0 Å². The molecule has 0 saturated carbocycles. The molecule has 1 atom stereocenters. The second-order valence-corrected chi connectivity index (χ2v) is 3.48. The third kappa shape index (κ3) is 4.48. The van der Waals surface area contributed by atoms with Gasteiger partial charge in [0.15, 0.2) is 0 Å². The van der Waals surface area contributed by atoms with Gasteiger partial charge in [0.25, 0.3) is 0 Å². The van der Waals surface area contributed by atoms with Gasteiger partial charge in [-0.25, -0.2) is 0 Å². The Labute approximate surface area is 106 Å². The fourth-order valence-electron chi connectivity index (χ4n) is 1.27. The number of nitrogens with one attached hydrogen (secondary N) is 1. The Hall–Kier alpha value is -1.50. The van der Waals surface area contributed by atoms with Crippen LogP contribution in [0, 0.1) is 0 Å². The van der Waals surface area contributed by atoms with Crippen LogP contribution in [0.2, 0.25) is 0 Å². The predicted octanol–water partition coefficient (Wildman–Crippen LogP) is -0.791. The summed E-state index contributed by atoms with van der Waals surface area (Å²) in [6.45, 7) is -0.0252. The fourth-order valence-corrected chi connectivity index (χ4v) is 1.27. The zero-order valence-corrected chi connectivity index (χ0v) is 10.0. The molecule has 0 bridgehead atoms. The van der Waals surface area contributed by atoms with E-state index in [0.717, 1.165) is 5.56 Å². The zero-order chi connectivity index (χ0) is 12.1. The van der Waals surface area contributed by atoms with Gasteiger partial charge in [0.1, 0.15) is 6.04 Å². The van der Waals surface area contributed by atoms with Gasteiger partial charge in [0.2, 0.25) is 5.91 Å². The highest BCUT2D eigenvalue weighted by molar-refractivity contribution is 5.85. The second-order valence-electron chi connectivity index (χ2n) is 3.48. The van der Waals surface area contributed by atoms with E-state index in [1.807, 2.05) is 0 Å². The molecular formula is C10H17ClN4O2. The van der Waals surface area contributed by atoms with Gasteiger partial charge in [-0.15, -0.1) is 12.4 Å². The van der Waals surface area contributed by atoms with Crippen molar-refractivity contribution in [3.05, 3.63) is 23.8 Å². The number of rotatable bonds is 5. The number of aliphatic hydroxyl groups excluding tert-OH is 1. The molecule has 0 radical (unpaired) electrons. The lowest BCUT2D eigenvalue weighted by Crippen LogP contribution is -2.43. The van der Waals surface area contributed by atoms with E-state index in [-0.39, 0.29) is 19.0 Å². The number of amides is 1. The summed E-state index contributed by atoms with van der Waals surface area (Å²) in [5.41, 5.74) is 18.3. The topological polar surface area (TPSA) is 127 Å². The molecule has 7 heteroatoms. The van der Waals surface area contributed by atoms with Crippen LogP contribution in [-0.2, 0) is 11.3 Å². The Morgan fingerprint density at radius 3 is 2.59 bits per heavy atom. The van der Waals surface area contributed by atoms with E-state index in [9.17, 15) is 4.79 Å². The summed E-state index contributed by atoms with van der Waals surface area (Å²) in [6, 6.07) is 4.31. The minimum atomic E-state index is -0.777. The van der Waals surface area contributed by atoms with Gasteiger partial charge in [0, 0.05) is 17.9 Å². The van der Waals surface area contributed by atoms with Crippen molar-refractivity contribution >= 4 is 29.7 Å². The monoisotopic (exact) mass is 260 g/mol. The minimum absolute atomic E-state index is 0. The van der Waals surface area contributed by atoms with Crippen molar-refractivity contribution in [3.63, 3.8) is 0 Å². The van der Waals surface area contributed by atoms with E-state index in [1.54, 1.807) is 18.2 Å². The van der Waals surface area contributed by atoms with Gasteiger partial charge >= 0.3 is 0 Å². The van der Waals surface area contributed by atoms with Crippen LogP contribution in [0.15, 0.2) is 18.2 Å². The predicted molar refractivity (Wildman–Crippen MR) is 69.4 cm³/mol. The van der Waals surface area contributed by atoms with Crippen molar-refractivity contribution in [2.75, 3.05) is 18.1 Å². The number of halogens is 1. The number of nitrogens with two attached hydrogens (primary N) is 3. The molecule has 6 nitrogen and oxygen atoms in total. The minimum Gasteiger partial charge on any atom is -0.399 e. The molecule has 0 spiro atoms. The zero-order valence-electron chi connectivity index (χ0n) is 9.22. The van der Waals surface area contributed by atoms with Crippen molar-refractivity contribution in [3.8, 4) is 0 Å². The van der Waals surface area contributed by atoms with E-state index in [1.165, 1.54) is 0 Å². The highest BCUT2D eigenvalue weighted by Crippen LogP contribution is 2.15. The first-order valence-electron chi connectivity index (χ1n) is 4.82. The van der Waals surface area contributed by atoms with E-state index in [0.29, 0.717) is 17.9 Å². The molecule has 1 amide bonds. The smallest absolute Gasteiger partial charge is 0.236 e. The second kappa shape index (κ2) is 6.95. The number of hydrogen-bond donors (Lipinski definition) is 5. The van der Waals surface area contributed by atoms with E-state index >= 15 is 0 Å². The molecule has 1 unspecified atom stereocenters. The van der Waals surface area contributed by atoms with Crippen LogP contribution in [0.1, 0.15) is 5.56 Å². The average molecular weight is 261 g/mol. The third-order valence-corrected chi connectivity index (χ3v) is 2.23. The first-order chi connectivity index (χ1) is 7.54. The maximum atomic E-state index is 10.8. The summed E-state index contributed by atoms with van der Waals surface area (Å²) in [5, 5.41) is 11.7. The molecule has 0 aliphatic carbocycles. The summed E-state index contributed by atoms with van der Waals surface area (Å²) in [5.74, 6) is -0.607. The molecule has 0 fully saturated rings. The SMILES string of the molecule is Cl.NC(=O)C(CO)NCc1cc(N)ccc1N. The fraction of sp³-hybridized carbons (Fsp3) is 0.300.